The predicted molar refractivity (Wildman–Crippen MR) is 103 cm³/mol. The fourth-order valence-corrected chi connectivity index (χ4v) is 7.91. The first kappa shape index (κ1) is 19.3. The molecule has 4 rings (SSSR count). The molecule has 4 nitrogen and oxygen atoms in total. The fourth-order valence-electron chi connectivity index (χ4n) is 7.91. The third-order valence-corrected chi connectivity index (χ3v) is 9.17. The van der Waals surface area contributed by atoms with Crippen LogP contribution in [0.4, 0.5) is 0 Å². The van der Waals surface area contributed by atoms with E-state index < -0.39 is 0 Å². The Morgan fingerprint density at radius 2 is 1.44 bits per heavy atom. The van der Waals surface area contributed by atoms with E-state index in [0.29, 0.717) is 17.3 Å². The molecule has 0 aromatic carbocycles. The second kappa shape index (κ2) is 6.77. The van der Waals surface area contributed by atoms with Crippen LogP contribution < -0.4 is 0 Å². The summed E-state index contributed by atoms with van der Waals surface area (Å²) in [4.78, 5) is 23.0. The third-order valence-electron chi connectivity index (χ3n) is 9.17. The van der Waals surface area contributed by atoms with Gasteiger partial charge in [0.25, 0.3) is 0 Å². The summed E-state index contributed by atoms with van der Waals surface area (Å²) in [5.41, 5.74) is 0.561. The van der Waals surface area contributed by atoms with E-state index in [9.17, 15) is 9.59 Å². The zero-order chi connectivity index (χ0) is 19.4. The van der Waals surface area contributed by atoms with Gasteiger partial charge in [-0.25, -0.2) is 0 Å². The highest BCUT2D eigenvalue weighted by Gasteiger charge is 2.61. The maximum atomic E-state index is 11.6. The molecule has 0 saturated heterocycles. The lowest BCUT2D eigenvalue weighted by Crippen LogP contribution is -2.54. The van der Waals surface area contributed by atoms with E-state index in [-0.39, 0.29) is 29.6 Å². The zero-order valence-corrected chi connectivity index (χ0v) is 17.5. The molecule has 0 aromatic heterocycles. The second-order valence-electron chi connectivity index (χ2n) is 10.4. The number of hydrogen-bond donors (Lipinski definition) is 0. The number of rotatable bonds is 2. The summed E-state index contributed by atoms with van der Waals surface area (Å²) in [6.45, 7) is 8.00. The van der Waals surface area contributed by atoms with Crippen LogP contribution in [-0.4, -0.2) is 24.1 Å². The van der Waals surface area contributed by atoms with Gasteiger partial charge in [-0.05, 0) is 86.9 Å². The average Bonchev–Trinajstić information content (AvgIpc) is 2.91. The summed E-state index contributed by atoms with van der Waals surface area (Å²) in [7, 11) is 0. The van der Waals surface area contributed by atoms with Gasteiger partial charge >= 0.3 is 11.9 Å². The molecule has 0 spiro atoms. The van der Waals surface area contributed by atoms with E-state index in [4.69, 9.17) is 9.47 Å². The van der Waals surface area contributed by atoms with Gasteiger partial charge in [0, 0.05) is 19.3 Å². The summed E-state index contributed by atoms with van der Waals surface area (Å²) in [6.07, 6.45) is 10.8. The van der Waals surface area contributed by atoms with Crippen LogP contribution in [0.5, 0.6) is 0 Å². The number of fused-ring (bicyclic) bond motifs is 5. The zero-order valence-electron chi connectivity index (χ0n) is 17.5. The van der Waals surface area contributed by atoms with Crippen LogP contribution in [-0.2, 0) is 19.1 Å². The molecule has 0 aliphatic heterocycles. The molecule has 4 aliphatic carbocycles. The topological polar surface area (TPSA) is 52.6 Å². The molecule has 0 aromatic rings. The van der Waals surface area contributed by atoms with Crippen molar-refractivity contribution in [2.24, 2.45) is 34.5 Å². The van der Waals surface area contributed by atoms with Crippen molar-refractivity contribution in [3.8, 4) is 0 Å². The van der Waals surface area contributed by atoms with Crippen molar-refractivity contribution in [1.82, 2.24) is 0 Å². The summed E-state index contributed by atoms with van der Waals surface area (Å²) >= 11 is 0. The highest BCUT2D eigenvalue weighted by atomic mass is 16.5. The van der Waals surface area contributed by atoms with E-state index in [1.165, 1.54) is 45.4 Å². The Hall–Kier alpha value is -1.06. The Bertz CT molecular complexity index is 615. The van der Waals surface area contributed by atoms with E-state index in [2.05, 4.69) is 13.8 Å². The van der Waals surface area contributed by atoms with Gasteiger partial charge in [0.2, 0.25) is 0 Å². The van der Waals surface area contributed by atoms with Crippen LogP contribution in [0.1, 0.15) is 85.5 Å². The Balaban J connectivity index is 1.51. The van der Waals surface area contributed by atoms with Crippen molar-refractivity contribution >= 4 is 11.9 Å². The first-order valence-electron chi connectivity index (χ1n) is 11.1. The van der Waals surface area contributed by atoms with Crippen LogP contribution >= 0.6 is 0 Å². The number of esters is 2. The van der Waals surface area contributed by atoms with Gasteiger partial charge < -0.3 is 9.47 Å². The van der Waals surface area contributed by atoms with Gasteiger partial charge in [0.15, 0.2) is 0 Å². The molecule has 0 heterocycles. The Labute approximate surface area is 163 Å². The van der Waals surface area contributed by atoms with E-state index in [1.54, 1.807) is 6.92 Å². The highest BCUT2D eigenvalue weighted by molar-refractivity contribution is 5.66. The van der Waals surface area contributed by atoms with E-state index in [0.717, 1.165) is 31.1 Å². The molecule has 152 valence electrons. The number of hydrogen-bond acceptors (Lipinski definition) is 4. The Morgan fingerprint density at radius 1 is 0.778 bits per heavy atom. The molecule has 0 N–H and O–H groups in total. The van der Waals surface area contributed by atoms with Gasteiger partial charge in [0.05, 0.1) is 0 Å². The van der Waals surface area contributed by atoms with Crippen LogP contribution in [0.3, 0.4) is 0 Å². The molecule has 0 amide bonds. The molecule has 8 atom stereocenters. The summed E-state index contributed by atoms with van der Waals surface area (Å²) in [5.74, 6) is 2.69. The maximum absolute atomic E-state index is 11.6. The van der Waals surface area contributed by atoms with Crippen molar-refractivity contribution in [2.75, 3.05) is 0 Å². The predicted octanol–water partition coefficient (Wildman–Crippen LogP) is 4.89. The minimum absolute atomic E-state index is 0.117. The van der Waals surface area contributed by atoms with Gasteiger partial charge in [0.1, 0.15) is 12.2 Å². The van der Waals surface area contributed by atoms with Gasteiger partial charge in [-0.3, -0.25) is 9.59 Å². The molecule has 4 aliphatic rings. The molecule has 4 saturated carbocycles. The second-order valence-corrected chi connectivity index (χ2v) is 10.4. The van der Waals surface area contributed by atoms with E-state index in [1.807, 2.05) is 0 Å². The maximum Gasteiger partial charge on any atom is 0.302 e. The first-order chi connectivity index (χ1) is 12.7. The SMILES string of the molecule is CC(=O)O[C@H]1CC[C@@]2(C)[C@H](CC[C@@H]3[C@@H]2CC[C@]2(C)[C@@H](OC(C)=O)CC[C@@H]32)C1. The third kappa shape index (κ3) is 3.11. The largest absolute Gasteiger partial charge is 0.463 e. The van der Waals surface area contributed by atoms with Crippen molar-refractivity contribution in [1.29, 1.82) is 0 Å². The average molecular weight is 377 g/mol. The van der Waals surface area contributed by atoms with E-state index >= 15 is 0 Å². The van der Waals surface area contributed by atoms with Gasteiger partial charge in [-0.1, -0.05) is 13.8 Å². The summed E-state index contributed by atoms with van der Waals surface area (Å²) < 4.78 is 11.3. The van der Waals surface area contributed by atoms with Crippen molar-refractivity contribution < 1.29 is 19.1 Å². The molecule has 0 bridgehead atoms. The van der Waals surface area contributed by atoms with Crippen LogP contribution in [0.2, 0.25) is 0 Å². The molecule has 4 fully saturated rings. The Morgan fingerprint density at radius 3 is 2.15 bits per heavy atom. The lowest BCUT2D eigenvalue weighted by molar-refractivity contribution is -0.167. The summed E-state index contributed by atoms with van der Waals surface area (Å²) in [6, 6.07) is 0. The van der Waals surface area contributed by atoms with Gasteiger partial charge in [-0.15, -0.1) is 0 Å². The Kier molecular flexibility index (Phi) is 4.83. The number of carbonyl (C=O) groups is 2. The smallest absolute Gasteiger partial charge is 0.302 e. The standard InChI is InChI=1S/C23H36O4/c1-14(24)26-17-9-11-22(3)16(13-17)5-6-18-19-7-8-21(27-15(2)25)23(19,4)12-10-20(18)22/h16-21H,5-13H2,1-4H3/t16-,17+,18+,19+,20+,21+,22+,23+/m1/s1. The lowest BCUT2D eigenvalue weighted by atomic mass is 9.45. The number of carbonyl (C=O) groups excluding carboxylic acids is 2. The lowest BCUT2D eigenvalue weighted by Gasteiger charge is -2.60. The van der Waals surface area contributed by atoms with Crippen molar-refractivity contribution in [3.63, 3.8) is 0 Å². The molecule has 0 unspecified atom stereocenters. The van der Waals surface area contributed by atoms with Gasteiger partial charge in [-0.2, -0.15) is 0 Å². The molecule has 0 radical (unpaired) electrons. The number of ether oxygens (including phenoxy) is 2. The van der Waals surface area contributed by atoms with Crippen LogP contribution in [0, 0.1) is 34.5 Å². The first-order valence-corrected chi connectivity index (χ1v) is 11.1. The van der Waals surface area contributed by atoms with Crippen LogP contribution in [0.25, 0.3) is 0 Å². The normalized spacial score (nSPS) is 48.7. The monoisotopic (exact) mass is 376 g/mol. The molecular weight excluding hydrogens is 340 g/mol. The molecule has 27 heavy (non-hydrogen) atoms. The highest BCUT2D eigenvalue weighted by Crippen LogP contribution is 2.66. The quantitative estimate of drug-likeness (QED) is 0.644. The molecular formula is C23H36O4. The molecule has 4 heteroatoms. The van der Waals surface area contributed by atoms with Crippen molar-refractivity contribution in [2.45, 2.75) is 97.7 Å². The van der Waals surface area contributed by atoms with Crippen LogP contribution in [0.15, 0.2) is 0 Å². The summed E-state index contributed by atoms with van der Waals surface area (Å²) in [5, 5.41) is 0. The minimum Gasteiger partial charge on any atom is -0.463 e. The van der Waals surface area contributed by atoms with Crippen molar-refractivity contribution in [3.05, 3.63) is 0 Å². The fraction of sp³-hybridized carbons (Fsp3) is 0.913. The minimum atomic E-state index is -0.131.